The lowest BCUT2D eigenvalue weighted by Gasteiger charge is -2.31. The van der Waals surface area contributed by atoms with Crippen molar-refractivity contribution in [3.63, 3.8) is 0 Å². The fourth-order valence-electron chi connectivity index (χ4n) is 6.51. The molecule has 0 saturated heterocycles. The third-order valence-corrected chi connectivity index (χ3v) is 9.88. The number of nitrogens with zero attached hydrogens (tertiary/aromatic N) is 1. The summed E-state index contributed by atoms with van der Waals surface area (Å²) < 4.78 is 17.1. The van der Waals surface area contributed by atoms with Crippen LogP contribution in [0.25, 0.3) is 0 Å². The predicted molar refractivity (Wildman–Crippen MR) is 220 cm³/mol. The van der Waals surface area contributed by atoms with Crippen LogP contribution in [0, 0.1) is 0 Å². The maximum absolute atomic E-state index is 12.5. The molecule has 310 valence electrons. The van der Waals surface area contributed by atoms with Crippen molar-refractivity contribution in [1.82, 2.24) is 0 Å². The van der Waals surface area contributed by atoms with Crippen LogP contribution < -0.4 is 0 Å². The summed E-state index contributed by atoms with van der Waals surface area (Å²) in [5.41, 5.74) is 0. The summed E-state index contributed by atoms with van der Waals surface area (Å²) in [6.45, 7) is 4.54. The van der Waals surface area contributed by atoms with Gasteiger partial charge in [0, 0.05) is 19.3 Å². The van der Waals surface area contributed by atoms with E-state index in [0.29, 0.717) is 19.3 Å². The van der Waals surface area contributed by atoms with Crippen LogP contribution in [-0.2, 0) is 28.6 Å². The van der Waals surface area contributed by atoms with E-state index < -0.39 is 18.1 Å². The average Bonchev–Trinajstić information content (AvgIpc) is 3.11. The highest BCUT2D eigenvalue weighted by Gasteiger charge is 2.31. The number of unbranched alkanes of at least 4 members (excludes halogenated alkanes) is 21. The number of quaternary nitrogens is 1. The van der Waals surface area contributed by atoms with E-state index in [2.05, 4.69) is 26.0 Å². The molecule has 0 heterocycles. The topological polar surface area (TPSA) is 99.1 Å². The smallest absolute Gasteiger partial charge is 0.362 e. The number of carboxylic acids is 1. The number of hydrogen-bond acceptors (Lipinski definition) is 6. The molecule has 1 N–H and O–H groups in total. The van der Waals surface area contributed by atoms with E-state index in [0.717, 1.165) is 32.1 Å². The zero-order valence-corrected chi connectivity index (χ0v) is 35.2. The van der Waals surface area contributed by atoms with Crippen molar-refractivity contribution in [2.45, 2.75) is 206 Å². The molecular formula is C45H84NO7+. The van der Waals surface area contributed by atoms with E-state index >= 15 is 0 Å². The minimum absolute atomic E-state index is 0.0412. The molecule has 0 aromatic rings. The Bertz CT molecular complexity index is 926. The van der Waals surface area contributed by atoms with Crippen LogP contribution in [0.5, 0.6) is 0 Å². The molecule has 8 heteroatoms. The Labute approximate surface area is 326 Å². The van der Waals surface area contributed by atoms with Gasteiger partial charge in [-0.2, -0.15) is 0 Å². The first kappa shape index (κ1) is 50.8. The summed E-state index contributed by atoms with van der Waals surface area (Å²) in [4.78, 5) is 36.7. The third-order valence-electron chi connectivity index (χ3n) is 9.88. The van der Waals surface area contributed by atoms with Crippen molar-refractivity contribution < 1.29 is 38.2 Å². The van der Waals surface area contributed by atoms with E-state index in [1.165, 1.54) is 122 Å². The molecule has 0 aliphatic heterocycles. The van der Waals surface area contributed by atoms with Crippen molar-refractivity contribution in [2.24, 2.45) is 0 Å². The van der Waals surface area contributed by atoms with Crippen LogP contribution in [0.4, 0.5) is 0 Å². The number of allylic oxidation sites excluding steroid dienone is 4. The van der Waals surface area contributed by atoms with E-state index in [1.54, 1.807) is 0 Å². The van der Waals surface area contributed by atoms with Crippen LogP contribution in [0.1, 0.15) is 194 Å². The van der Waals surface area contributed by atoms with Crippen molar-refractivity contribution in [3.05, 3.63) is 24.3 Å². The van der Waals surface area contributed by atoms with Crippen molar-refractivity contribution >= 4 is 17.9 Å². The number of esters is 2. The second-order valence-corrected chi connectivity index (χ2v) is 15.9. The summed E-state index contributed by atoms with van der Waals surface area (Å²) in [6.07, 6.45) is 39.9. The molecule has 53 heavy (non-hydrogen) atoms. The fourth-order valence-corrected chi connectivity index (χ4v) is 6.51. The maximum Gasteiger partial charge on any atom is 0.362 e. The van der Waals surface area contributed by atoms with Gasteiger partial charge in [-0.05, 0) is 25.7 Å². The molecule has 2 unspecified atom stereocenters. The summed E-state index contributed by atoms with van der Waals surface area (Å²) in [7, 11) is 5.50. The van der Waals surface area contributed by atoms with Crippen LogP contribution in [-0.4, -0.2) is 80.6 Å². The van der Waals surface area contributed by atoms with Gasteiger partial charge in [-0.3, -0.25) is 9.59 Å². The molecule has 0 rings (SSSR count). The first-order valence-electron chi connectivity index (χ1n) is 21.9. The Kier molecular flexibility index (Phi) is 35.2. The first-order chi connectivity index (χ1) is 25.6. The predicted octanol–water partition coefficient (Wildman–Crippen LogP) is 11.7. The van der Waals surface area contributed by atoms with Crippen LogP contribution in [0.3, 0.4) is 0 Å². The van der Waals surface area contributed by atoms with Gasteiger partial charge in [0.25, 0.3) is 0 Å². The number of ether oxygens (including phenoxy) is 3. The number of rotatable bonds is 39. The Morgan fingerprint density at radius 3 is 1.51 bits per heavy atom. The highest BCUT2D eigenvalue weighted by molar-refractivity contribution is 5.72. The maximum atomic E-state index is 12.5. The molecule has 0 spiro atoms. The number of carboxylic acid groups (broad SMARTS) is 1. The monoisotopic (exact) mass is 751 g/mol. The molecule has 0 saturated carbocycles. The van der Waals surface area contributed by atoms with Gasteiger partial charge in [-0.15, -0.1) is 0 Å². The second-order valence-electron chi connectivity index (χ2n) is 15.9. The lowest BCUT2D eigenvalue weighted by molar-refractivity contribution is -0.887. The Balaban J connectivity index is 4.09. The lowest BCUT2D eigenvalue weighted by atomic mass is 10.0. The van der Waals surface area contributed by atoms with Gasteiger partial charge >= 0.3 is 17.9 Å². The molecule has 0 fully saturated rings. The molecule has 8 nitrogen and oxygen atoms in total. The lowest BCUT2D eigenvalue weighted by Crippen LogP contribution is -2.50. The molecule has 0 amide bonds. The summed E-state index contributed by atoms with van der Waals surface area (Å²) in [6, 6.07) is -0.619. The Morgan fingerprint density at radius 1 is 0.585 bits per heavy atom. The van der Waals surface area contributed by atoms with E-state index in [9.17, 15) is 19.5 Å². The van der Waals surface area contributed by atoms with Crippen LogP contribution in [0.2, 0.25) is 0 Å². The molecule has 2 atom stereocenters. The number of carbonyl (C=O) groups is 3. The van der Waals surface area contributed by atoms with Crippen molar-refractivity contribution in [3.8, 4) is 0 Å². The molecular weight excluding hydrogens is 666 g/mol. The molecule has 0 aliphatic carbocycles. The van der Waals surface area contributed by atoms with Crippen molar-refractivity contribution in [2.75, 3.05) is 41.0 Å². The van der Waals surface area contributed by atoms with Gasteiger partial charge in [0.15, 0.2) is 12.1 Å². The van der Waals surface area contributed by atoms with Crippen LogP contribution in [0.15, 0.2) is 24.3 Å². The second kappa shape index (κ2) is 36.8. The minimum Gasteiger partial charge on any atom is -0.477 e. The molecule has 0 aliphatic rings. The first-order valence-corrected chi connectivity index (χ1v) is 21.9. The highest BCUT2D eigenvalue weighted by Crippen LogP contribution is 2.16. The van der Waals surface area contributed by atoms with Gasteiger partial charge in [-0.25, -0.2) is 4.79 Å². The normalized spacial score (nSPS) is 13.2. The van der Waals surface area contributed by atoms with Gasteiger partial charge in [0.05, 0.1) is 34.4 Å². The number of likely N-dealkylation sites (N-methyl/N-ethyl adjacent to an activating group) is 1. The summed E-state index contributed by atoms with van der Waals surface area (Å²) >= 11 is 0. The van der Waals surface area contributed by atoms with Gasteiger partial charge in [-0.1, -0.05) is 173 Å². The Hall–Kier alpha value is -2.19. The zero-order chi connectivity index (χ0) is 39.3. The van der Waals surface area contributed by atoms with E-state index in [4.69, 9.17) is 14.2 Å². The van der Waals surface area contributed by atoms with Crippen molar-refractivity contribution in [1.29, 1.82) is 0 Å². The third kappa shape index (κ3) is 35.3. The van der Waals surface area contributed by atoms with Gasteiger partial charge in [0.1, 0.15) is 6.61 Å². The number of aliphatic carboxylic acids is 1. The average molecular weight is 751 g/mol. The number of carbonyl (C=O) groups excluding carboxylic acids is 2. The van der Waals surface area contributed by atoms with Gasteiger partial charge in [0.2, 0.25) is 0 Å². The molecule has 0 aromatic carbocycles. The van der Waals surface area contributed by atoms with Crippen LogP contribution >= 0.6 is 0 Å². The summed E-state index contributed by atoms with van der Waals surface area (Å²) in [5.74, 6) is -1.55. The van der Waals surface area contributed by atoms with E-state index in [-0.39, 0.29) is 42.7 Å². The number of hydrogen-bond donors (Lipinski definition) is 1. The fraction of sp³-hybridized carbons (Fsp3) is 0.844. The largest absolute Gasteiger partial charge is 0.477 e. The van der Waals surface area contributed by atoms with E-state index in [1.807, 2.05) is 33.3 Å². The highest BCUT2D eigenvalue weighted by atomic mass is 16.6. The minimum atomic E-state index is -0.883. The van der Waals surface area contributed by atoms with Gasteiger partial charge < -0.3 is 23.8 Å². The summed E-state index contributed by atoms with van der Waals surface area (Å²) in [5, 5.41) is 9.57. The molecule has 0 radical (unpaired) electrons. The SMILES string of the molecule is CC/C=C/C/C=C/CCC(=O)OC(COCCC(C(=O)O)[N+](C)(C)C)COC(=O)CCCCCCCCCCCCCCCCCCCCCCCC. The molecule has 0 bridgehead atoms. The zero-order valence-electron chi connectivity index (χ0n) is 35.2. The standard InChI is InChI=1S/C45H83NO7/c1-6-8-10-12-14-15-16-17-18-19-20-21-22-23-24-25-26-27-28-30-31-33-35-43(47)52-40-41(39-51-38-37-42(45(49)50)46(3,4)5)53-44(48)36-34-32-29-13-11-9-7-2/h9,11,29,32,41-42H,6-8,10,12-28,30-31,33-40H2,1-5H3/p+1/b11-9+,32-29+. The quantitative estimate of drug-likeness (QED) is 0.0289. The molecule has 0 aromatic heterocycles. The Morgan fingerprint density at radius 2 is 1.06 bits per heavy atom.